The molecule has 0 saturated carbocycles. The molecule has 2 rings (SSSR count). The first-order valence-corrected chi connectivity index (χ1v) is 9.65. The summed E-state index contributed by atoms with van der Waals surface area (Å²) in [7, 11) is -3.39. The van der Waals surface area contributed by atoms with Gasteiger partial charge in [-0.05, 0) is 25.5 Å². The molecular weight excluding hydrogens is 350 g/mol. The summed E-state index contributed by atoms with van der Waals surface area (Å²) < 4.78 is 32.9. The van der Waals surface area contributed by atoms with E-state index >= 15 is 0 Å². The van der Waals surface area contributed by atoms with Gasteiger partial charge in [0.1, 0.15) is 4.21 Å². The Morgan fingerprint density at radius 2 is 2.26 bits per heavy atom. The van der Waals surface area contributed by atoms with E-state index in [4.69, 9.17) is 4.74 Å². The number of aryl methyl sites for hydroxylation is 1. The molecule has 0 spiro atoms. The standard InChI is InChI=1S/C12H18BrNO3S2/c1-3-11-4-5-12(18-11)19(15,16)14-7-10(6-13)17-8-9(14)2/h4-5,9-10H,3,6-8H2,1-2H3. The van der Waals surface area contributed by atoms with Crippen molar-refractivity contribution >= 4 is 37.3 Å². The molecule has 1 fully saturated rings. The molecule has 0 radical (unpaired) electrons. The number of ether oxygens (including phenoxy) is 1. The smallest absolute Gasteiger partial charge is 0.252 e. The van der Waals surface area contributed by atoms with Gasteiger partial charge in [-0.3, -0.25) is 0 Å². The van der Waals surface area contributed by atoms with Crippen molar-refractivity contribution in [2.24, 2.45) is 0 Å². The van der Waals surface area contributed by atoms with Gasteiger partial charge in [0, 0.05) is 22.8 Å². The Kier molecular flexibility index (Phi) is 5.05. The molecule has 2 heterocycles. The molecule has 0 amide bonds. The highest BCUT2D eigenvalue weighted by molar-refractivity contribution is 9.09. The minimum Gasteiger partial charge on any atom is -0.374 e. The predicted molar refractivity (Wildman–Crippen MR) is 80.6 cm³/mol. The molecule has 1 aromatic heterocycles. The zero-order chi connectivity index (χ0) is 14.0. The van der Waals surface area contributed by atoms with E-state index in [-0.39, 0.29) is 12.1 Å². The number of rotatable bonds is 4. The van der Waals surface area contributed by atoms with Crippen LogP contribution in [0.3, 0.4) is 0 Å². The van der Waals surface area contributed by atoms with Crippen LogP contribution in [0.4, 0.5) is 0 Å². The van der Waals surface area contributed by atoms with Crippen LogP contribution in [0.15, 0.2) is 16.3 Å². The normalized spacial score (nSPS) is 25.6. The van der Waals surface area contributed by atoms with Crippen molar-refractivity contribution in [2.75, 3.05) is 18.5 Å². The van der Waals surface area contributed by atoms with Crippen LogP contribution in [-0.2, 0) is 21.2 Å². The highest BCUT2D eigenvalue weighted by Gasteiger charge is 2.35. The Balaban J connectivity index is 2.26. The lowest BCUT2D eigenvalue weighted by molar-refractivity contribution is -0.0138. The van der Waals surface area contributed by atoms with Gasteiger partial charge in [0.15, 0.2) is 0 Å². The first-order chi connectivity index (χ1) is 8.98. The van der Waals surface area contributed by atoms with Gasteiger partial charge < -0.3 is 4.74 Å². The van der Waals surface area contributed by atoms with Gasteiger partial charge in [0.05, 0.1) is 12.7 Å². The van der Waals surface area contributed by atoms with Crippen molar-refractivity contribution in [3.8, 4) is 0 Å². The molecule has 2 atom stereocenters. The van der Waals surface area contributed by atoms with E-state index in [1.54, 1.807) is 10.4 Å². The number of hydrogen-bond acceptors (Lipinski definition) is 4. The maximum absolute atomic E-state index is 12.7. The second kappa shape index (κ2) is 6.22. The average Bonchev–Trinajstić information content (AvgIpc) is 2.88. The molecule has 19 heavy (non-hydrogen) atoms. The van der Waals surface area contributed by atoms with Crippen molar-refractivity contribution in [1.82, 2.24) is 4.31 Å². The van der Waals surface area contributed by atoms with E-state index in [9.17, 15) is 8.42 Å². The number of nitrogens with zero attached hydrogens (tertiary/aromatic N) is 1. The monoisotopic (exact) mass is 367 g/mol. The summed E-state index contributed by atoms with van der Waals surface area (Å²) in [6.45, 7) is 4.77. The maximum atomic E-state index is 12.7. The summed E-state index contributed by atoms with van der Waals surface area (Å²) in [5.41, 5.74) is 0. The third-order valence-corrected chi connectivity index (χ3v) is 7.57. The molecule has 0 bridgehead atoms. The molecule has 7 heteroatoms. The minimum absolute atomic E-state index is 0.0726. The zero-order valence-electron chi connectivity index (χ0n) is 11.0. The van der Waals surface area contributed by atoms with E-state index in [1.165, 1.54) is 11.3 Å². The summed E-state index contributed by atoms with van der Waals surface area (Å²) >= 11 is 4.71. The third-order valence-electron chi connectivity index (χ3n) is 3.17. The lowest BCUT2D eigenvalue weighted by Crippen LogP contribution is -2.51. The average molecular weight is 368 g/mol. The van der Waals surface area contributed by atoms with Gasteiger partial charge in [-0.25, -0.2) is 8.42 Å². The van der Waals surface area contributed by atoms with Gasteiger partial charge in [0.25, 0.3) is 10.0 Å². The van der Waals surface area contributed by atoms with E-state index in [2.05, 4.69) is 15.9 Å². The highest BCUT2D eigenvalue weighted by Crippen LogP contribution is 2.28. The summed E-state index contributed by atoms with van der Waals surface area (Å²) in [4.78, 5) is 1.09. The van der Waals surface area contributed by atoms with Crippen LogP contribution in [0.5, 0.6) is 0 Å². The van der Waals surface area contributed by atoms with Crippen LogP contribution in [0.1, 0.15) is 18.7 Å². The SMILES string of the molecule is CCc1ccc(S(=O)(=O)N2CC(CBr)OCC2C)s1. The lowest BCUT2D eigenvalue weighted by atomic mass is 10.2. The molecular formula is C12H18BrNO3S2. The van der Waals surface area contributed by atoms with E-state index in [1.807, 2.05) is 19.9 Å². The van der Waals surface area contributed by atoms with E-state index in [0.29, 0.717) is 22.7 Å². The van der Waals surface area contributed by atoms with Crippen LogP contribution in [-0.4, -0.2) is 43.4 Å². The summed E-state index contributed by atoms with van der Waals surface area (Å²) in [6.07, 6.45) is 0.791. The molecule has 0 aromatic carbocycles. The fourth-order valence-corrected chi connectivity index (χ4v) is 5.49. The van der Waals surface area contributed by atoms with Crippen molar-refractivity contribution in [3.05, 3.63) is 17.0 Å². The maximum Gasteiger partial charge on any atom is 0.252 e. The Morgan fingerprint density at radius 1 is 1.53 bits per heavy atom. The van der Waals surface area contributed by atoms with Gasteiger partial charge >= 0.3 is 0 Å². The zero-order valence-corrected chi connectivity index (χ0v) is 14.2. The third kappa shape index (κ3) is 3.21. The van der Waals surface area contributed by atoms with E-state index < -0.39 is 10.0 Å². The molecule has 4 nitrogen and oxygen atoms in total. The Labute approximate surface area is 126 Å². The van der Waals surface area contributed by atoms with Crippen molar-refractivity contribution in [3.63, 3.8) is 0 Å². The van der Waals surface area contributed by atoms with Crippen molar-refractivity contribution in [2.45, 2.75) is 36.6 Å². The largest absolute Gasteiger partial charge is 0.374 e. The fourth-order valence-electron chi connectivity index (χ4n) is 2.02. The van der Waals surface area contributed by atoms with Gasteiger partial charge in [-0.2, -0.15) is 4.31 Å². The lowest BCUT2D eigenvalue weighted by Gasteiger charge is -2.36. The van der Waals surface area contributed by atoms with Crippen LogP contribution < -0.4 is 0 Å². The number of morpholine rings is 1. The quantitative estimate of drug-likeness (QED) is 0.768. The topological polar surface area (TPSA) is 46.6 Å². The molecule has 0 aliphatic carbocycles. The molecule has 0 N–H and O–H groups in total. The highest BCUT2D eigenvalue weighted by atomic mass is 79.9. The molecule has 1 saturated heterocycles. The van der Waals surface area contributed by atoms with Crippen molar-refractivity contribution < 1.29 is 13.2 Å². The Hall–Kier alpha value is 0.0500. The molecule has 1 aliphatic heterocycles. The Bertz CT molecular complexity index is 529. The number of alkyl halides is 1. The van der Waals surface area contributed by atoms with Crippen LogP contribution >= 0.6 is 27.3 Å². The molecule has 1 aromatic rings. The predicted octanol–water partition coefficient (Wildman–Crippen LogP) is 2.48. The first-order valence-electron chi connectivity index (χ1n) is 6.27. The molecule has 1 aliphatic rings. The summed E-state index contributed by atoms with van der Waals surface area (Å²) in [6, 6.07) is 3.49. The summed E-state index contributed by atoms with van der Waals surface area (Å²) in [5, 5.41) is 0.649. The first kappa shape index (κ1) is 15.4. The van der Waals surface area contributed by atoms with Crippen LogP contribution in [0.2, 0.25) is 0 Å². The van der Waals surface area contributed by atoms with Crippen LogP contribution in [0.25, 0.3) is 0 Å². The molecule has 2 unspecified atom stereocenters. The molecule has 108 valence electrons. The van der Waals surface area contributed by atoms with Gasteiger partial charge in [0.2, 0.25) is 0 Å². The van der Waals surface area contributed by atoms with Gasteiger partial charge in [-0.15, -0.1) is 11.3 Å². The second-order valence-corrected chi connectivity index (χ2v) is 8.54. The number of sulfonamides is 1. The van der Waals surface area contributed by atoms with E-state index in [0.717, 1.165) is 11.3 Å². The second-order valence-electron chi connectivity index (χ2n) is 4.61. The number of thiophene rings is 1. The number of hydrogen-bond donors (Lipinski definition) is 0. The minimum atomic E-state index is -3.39. The number of halogens is 1. The Morgan fingerprint density at radius 3 is 2.84 bits per heavy atom. The van der Waals surface area contributed by atoms with Crippen molar-refractivity contribution in [1.29, 1.82) is 0 Å². The summed E-state index contributed by atoms with van der Waals surface area (Å²) in [5.74, 6) is 0. The van der Waals surface area contributed by atoms with Crippen LogP contribution in [0, 0.1) is 0 Å². The van der Waals surface area contributed by atoms with Gasteiger partial charge in [-0.1, -0.05) is 22.9 Å². The fraction of sp³-hybridized carbons (Fsp3) is 0.667.